The largest absolute Gasteiger partial charge is 0.508 e. The number of benzene rings is 1. The molecule has 0 bridgehead atoms. The molecular weight excluding hydrogens is 272 g/mol. The lowest BCUT2D eigenvalue weighted by molar-refractivity contribution is 0.460. The average molecular weight is 289 g/mol. The van der Waals surface area contributed by atoms with E-state index in [1.165, 1.54) is 0 Å². The van der Waals surface area contributed by atoms with Crippen LogP contribution in [-0.2, 0) is 6.42 Å². The molecule has 2 N–H and O–H groups in total. The molecule has 104 valence electrons. The van der Waals surface area contributed by atoms with E-state index in [0.29, 0.717) is 17.9 Å². The molecule has 1 aromatic heterocycles. The van der Waals surface area contributed by atoms with Crippen molar-refractivity contribution in [1.82, 2.24) is 4.98 Å². The van der Waals surface area contributed by atoms with Crippen LogP contribution in [0.3, 0.4) is 0 Å². The van der Waals surface area contributed by atoms with Crippen molar-refractivity contribution in [1.29, 1.82) is 5.41 Å². The maximum absolute atomic E-state index is 9.96. The SMILES string of the molecule is Cc1ccnc2c1C(=N)CC(c1ccccc1O)C2.Cl. The number of fused-ring (bicyclic) bond motifs is 1. The summed E-state index contributed by atoms with van der Waals surface area (Å²) in [4.78, 5) is 4.41. The van der Waals surface area contributed by atoms with Crippen LogP contribution >= 0.6 is 12.4 Å². The molecule has 1 unspecified atom stereocenters. The van der Waals surface area contributed by atoms with E-state index in [0.717, 1.165) is 28.8 Å². The molecule has 0 spiro atoms. The zero-order chi connectivity index (χ0) is 13.4. The maximum atomic E-state index is 9.96. The van der Waals surface area contributed by atoms with E-state index in [1.54, 1.807) is 12.3 Å². The molecule has 4 heteroatoms. The number of aryl methyl sites for hydroxylation is 1. The number of aromatic nitrogens is 1. The van der Waals surface area contributed by atoms with E-state index in [-0.39, 0.29) is 18.3 Å². The predicted molar refractivity (Wildman–Crippen MR) is 82.2 cm³/mol. The number of pyridine rings is 1. The summed E-state index contributed by atoms with van der Waals surface area (Å²) in [6, 6.07) is 9.35. The van der Waals surface area contributed by atoms with E-state index >= 15 is 0 Å². The first kappa shape index (κ1) is 14.5. The van der Waals surface area contributed by atoms with Crippen molar-refractivity contribution in [2.45, 2.75) is 25.7 Å². The number of nitrogens with one attached hydrogen (secondary N) is 1. The van der Waals surface area contributed by atoms with Crippen LogP contribution in [0.25, 0.3) is 0 Å². The minimum atomic E-state index is 0. The second-order valence-electron chi connectivity index (χ2n) is 5.09. The fourth-order valence-electron chi connectivity index (χ4n) is 2.89. The number of aromatic hydroxyl groups is 1. The van der Waals surface area contributed by atoms with Crippen molar-refractivity contribution in [2.24, 2.45) is 0 Å². The van der Waals surface area contributed by atoms with Crippen LogP contribution in [-0.4, -0.2) is 15.8 Å². The second-order valence-corrected chi connectivity index (χ2v) is 5.09. The lowest BCUT2D eigenvalue weighted by Crippen LogP contribution is -2.21. The van der Waals surface area contributed by atoms with Gasteiger partial charge in [-0.15, -0.1) is 12.4 Å². The molecule has 1 heterocycles. The summed E-state index contributed by atoms with van der Waals surface area (Å²) in [7, 11) is 0. The van der Waals surface area contributed by atoms with Gasteiger partial charge < -0.3 is 10.5 Å². The summed E-state index contributed by atoms with van der Waals surface area (Å²) >= 11 is 0. The highest BCUT2D eigenvalue weighted by atomic mass is 35.5. The van der Waals surface area contributed by atoms with Gasteiger partial charge in [-0.25, -0.2) is 0 Å². The van der Waals surface area contributed by atoms with Gasteiger partial charge in [0.05, 0.1) is 5.69 Å². The first-order valence-electron chi connectivity index (χ1n) is 6.47. The Morgan fingerprint density at radius 1 is 1.20 bits per heavy atom. The van der Waals surface area contributed by atoms with Gasteiger partial charge in [-0.05, 0) is 48.9 Å². The Morgan fingerprint density at radius 3 is 2.70 bits per heavy atom. The number of halogens is 1. The van der Waals surface area contributed by atoms with Gasteiger partial charge in [-0.3, -0.25) is 4.98 Å². The van der Waals surface area contributed by atoms with Crippen LogP contribution < -0.4 is 0 Å². The molecular formula is C16H17ClN2O. The van der Waals surface area contributed by atoms with Crippen LogP contribution in [0.15, 0.2) is 36.5 Å². The number of para-hydroxylation sites is 1. The fourth-order valence-corrected chi connectivity index (χ4v) is 2.89. The van der Waals surface area contributed by atoms with Gasteiger partial charge in [-0.1, -0.05) is 18.2 Å². The minimum Gasteiger partial charge on any atom is -0.508 e. The zero-order valence-electron chi connectivity index (χ0n) is 11.3. The third-order valence-electron chi connectivity index (χ3n) is 3.81. The Kier molecular flexibility index (Phi) is 4.09. The Labute approximate surface area is 124 Å². The zero-order valence-corrected chi connectivity index (χ0v) is 12.1. The Morgan fingerprint density at radius 2 is 1.95 bits per heavy atom. The molecule has 0 saturated carbocycles. The summed E-state index contributed by atoms with van der Waals surface area (Å²) in [5, 5.41) is 18.2. The Balaban J connectivity index is 0.00000147. The van der Waals surface area contributed by atoms with Gasteiger partial charge in [0.25, 0.3) is 0 Å². The first-order valence-corrected chi connectivity index (χ1v) is 6.47. The molecule has 2 aromatic rings. The monoisotopic (exact) mass is 288 g/mol. The fraction of sp³-hybridized carbons (Fsp3) is 0.250. The van der Waals surface area contributed by atoms with Gasteiger partial charge in [0.1, 0.15) is 5.75 Å². The van der Waals surface area contributed by atoms with Crippen LogP contribution in [0.1, 0.15) is 34.7 Å². The van der Waals surface area contributed by atoms with E-state index in [4.69, 9.17) is 5.41 Å². The maximum Gasteiger partial charge on any atom is 0.119 e. The smallest absolute Gasteiger partial charge is 0.119 e. The lowest BCUT2D eigenvalue weighted by Gasteiger charge is -2.26. The average Bonchev–Trinajstić information content (AvgIpc) is 2.39. The highest BCUT2D eigenvalue weighted by Gasteiger charge is 2.27. The molecule has 3 rings (SSSR count). The number of rotatable bonds is 1. The van der Waals surface area contributed by atoms with Crippen molar-refractivity contribution >= 4 is 18.1 Å². The van der Waals surface area contributed by atoms with Crippen LogP contribution in [0.4, 0.5) is 0 Å². The summed E-state index contributed by atoms with van der Waals surface area (Å²) in [5.74, 6) is 0.465. The first-order chi connectivity index (χ1) is 9.16. The number of phenolic OH excluding ortho intramolecular Hbond substituents is 1. The van der Waals surface area contributed by atoms with Crippen molar-refractivity contribution < 1.29 is 5.11 Å². The summed E-state index contributed by atoms with van der Waals surface area (Å²) in [5.41, 5.74) is 4.63. The molecule has 0 aliphatic heterocycles. The quantitative estimate of drug-likeness (QED) is 0.842. The van der Waals surface area contributed by atoms with E-state index in [9.17, 15) is 5.11 Å². The molecule has 3 nitrogen and oxygen atoms in total. The molecule has 1 aromatic carbocycles. The number of nitrogens with zero attached hydrogens (tertiary/aromatic N) is 1. The molecule has 0 fully saturated rings. The molecule has 1 aliphatic rings. The van der Waals surface area contributed by atoms with Gasteiger partial charge >= 0.3 is 0 Å². The van der Waals surface area contributed by atoms with Crippen molar-refractivity contribution in [3.05, 3.63) is 58.9 Å². The van der Waals surface area contributed by atoms with E-state index in [2.05, 4.69) is 4.98 Å². The predicted octanol–water partition coefficient (Wildman–Crippen LogP) is 3.62. The highest BCUT2D eigenvalue weighted by Crippen LogP contribution is 2.36. The second kappa shape index (κ2) is 5.63. The van der Waals surface area contributed by atoms with Gasteiger partial charge in [0.15, 0.2) is 0 Å². The normalized spacial score (nSPS) is 17.2. The minimum absolute atomic E-state index is 0. The molecule has 1 atom stereocenters. The highest BCUT2D eigenvalue weighted by molar-refractivity contribution is 6.02. The summed E-state index contributed by atoms with van der Waals surface area (Å²) in [6.45, 7) is 2.02. The topological polar surface area (TPSA) is 57.0 Å². The number of phenols is 1. The van der Waals surface area contributed by atoms with Gasteiger partial charge in [0, 0.05) is 17.5 Å². The van der Waals surface area contributed by atoms with Crippen molar-refractivity contribution in [2.75, 3.05) is 0 Å². The van der Waals surface area contributed by atoms with Crippen molar-refractivity contribution in [3.63, 3.8) is 0 Å². The summed E-state index contributed by atoms with van der Waals surface area (Å²) < 4.78 is 0. The number of hydrogen-bond donors (Lipinski definition) is 2. The molecule has 1 aliphatic carbocycles. The Hall–Kier alpha value is -1.87. The standard InChI is InChI=1S/C16H16N2O.ClH/c1-10-6-7-18-14-9-11(8-13(17)16(10)14)12-4-2-3-5-15(12)19;/h2-7,11,17,19H,8-9H2,1H3;1H. The third kappa shape index (κ3) is 2.41. The summed E-state index contributed by atoms with van der Waals surface area (Å²) in [6.07, 6.45) is 3.25. The Bertz CT molecular complexity index is 655. The van der Waals surface area contributed by atoms with Crippen LogP contribution in [0, 0.1) is 12.3 Å². The molecule has 20 heavy (non-hydrogen) atoms. The molecule has 0 saturated heterocycles. The molecule has 0 radical (unpaired) electrons. The van der Waals surface area contributed by atoms with Gasteiger partial charge in [-0.2, -0.15) is 0 Å². The van der Waals surface area contributed by atoms with Crippen LogP contribution in [0.5, 0.6) is 5.75 Å². The van der Waals surface area contributed by atoms with Crippen LogP contribution in [0.2, 0.25) is 0 Å². The lowest BCUT2D eigenvalue weighted by atomic mass is 9.80. The third-order valence-corrected chi connectivity index (χ3v) is 3.81. The van der Waals surface area contributed by atoms with Crippen molar-refractivity contribution in [3.8, 4) is 5.75 Å². The number of hydrogen-bond acceptors (Lipinski definition) is 3. The molecule has 0 amide bonds. The van der Waals surface area contributed by atoms with Gasteiger partial charge in [0.2, 0.25) is 0 Å². The van der Waals surface area contributed by atoms with E-state index < -0.39 is 0 Å². The van der Waals surface area contributed by atoms with E-state index in [1.807, 2.05) is 31.2 Å².